The highest BCUT2D eigenvalue weighted by Crippen LogP contribution is 2.31. The predicted octanol–water partition coefficient (Wildman–Crippen LogP) is 1.96. The summed E-state index contributed by atoms with van der Waals surface area (Å²) in [6, 6.07) is 7.23. The van der Waals surface area contributed by atoms with Crippen LogP contribution in [-0.2, 0) is 24.8 Å². The minimum Gasteiger partial charge on any atom is -0.495 e. The normalized spacial score (nSPS) is 15.8. The molecule has 0 atom stereocenters. The van der Waals surface area contributed by atoms with E-state index in [1.54, 1.807) is 0 Å². The average molecular weight is 445 g/mol. The molecule has 0 bridgehead atoms. The van der Waals surface area contributed by atoms with Crippen LogP contribution in [0.25, 0.3) is 0 Å². The van der Waals surface area contributed by atoms with Gasteiger partial charge >= 0.3 is 0 Å². The number of sulfonamides is 2. The van der Waals surface area contributed by atoms with Gasteiger partial charge in [-0.3, -0.25) is 4.72 Å². The Bertz CT molecular complexity index is 1110. The molecule has 0 radical (unpaired) electrons. The van der Waals surface area contributed by atoms with E-state index in [0.29, 0.717) is 13.2 Å². The van der Waals surface area contributed by atoms with Crippen LogP contribution in [0.5, 0.6) is 5.75 Å². The van der Waals surface area contributed by atoms with Crippen molar-refractivity contribution in [1.29, 1.82) is 0 Å². The molecular formula is C18H21FN2O6S2. The molecule has 2 aromatic rings. The first-order chi connectivity index (χ1) is 13.6. The topological polar surface area (TPSA) is 102 Å². The van der Waals surface area contributed by atoms with Crippen LogP contribution in [0.15, 0.2) is 46.2 Å². The van der Waals surface area contributed by atoms with Crippen LogP contribution >= 0.6 is 0 Å². The third kappa shape index (κ3) is 4.53. The van der Waals surface area contributed by atoms with Crippen LogP contribution < -0.4 is 9.46 Å². The summed E-state index contributed by atoms with van der Waals surface area (Å²) in [7, 11) is -6.60. The number of benzene rings is 2. The van der Waals surface area contributed by atoms with Gasteiger partial charge in [-0.05, 0) is 48.9 Å². The van der Waals surface area contributed by atoms with E-state index >= 15 is 0 Å². The number of morpholine rings is 1. The molecule has 1 N–H and O–H groups in total. The lowest BCUT2D eigenvalue weighted by Crippen LogP contribution is -2.40. The molecule has 0 spiro atoms. The monoisotopic (exact) mass is 444 g/mol. The lowest BCUT2D eigenvalue weighted by atomic mass is 10.2. The van der Waals surface area contributed by atoms with E-state index in [4.69, 9.17) is 9.47 Å². The Hall–Kier alpha value is -2.21. The molecule has 0 unspecified atom stereocenters. The van der Waals surface area contributed by atoms with E-state index < -0.39 is 25.9 Å². The number of nitrogens with zero attached hydrogens (tertiary/aromatic N) is 1. The average Bonchev–Trinajstić information content (AvgIpc) is 2.68. The largest absolute Gasteiger partial charge is 0.495 e. The molecule has 3 rings (SSSR count). The fraction of sp³-hybridized carbons (Fsp3) is 0.333. The summed E-state index contributed by atoms with van der Waals surface area (Å²) in [5.41, 5.74) is 0.180. The number of aryl methyl sites for hydroxylation is 1. The first kappa shape index (κ1) is 21.5. The van der Waals surface area contributed by atoms with E-state index in [0.717, 1.165) is 18.2 Å². The van der Waals surface area contributed by atoms with Crippen LogP contribution in [0, 0.1) is 12.7 Å². The van der Waals surface area contributed by atoms with Crippen LogP contribution in [0.1, 0.15) is 5.56 Å². The van der Waals surface area contributed by atoms with Crippen molar-refractivity contribution in [3.05, 3.63) is 47.8 Å². The van der Waals surface area contributed by atoms with Gasteiger partial charge in [-0.1, -0.05) is 0 Å². The summed E-state index contributed by atoms with van der Waals surface area (Å²) in [5.74, 6) is -0.410. The van der Waals surface area contributed by atoms with Crippen LogP contribution in [0.3, 0.4) is 0 Å². The van der Waals surface area contributed by atoms with Crippen molar-refractivity contribution in [3.63, 3.8) is 0 Å². The van der Waals surface area contributed by atoms with Crippen LogP contribution in [0.2, 0.25) is 0 Å². The second-order valence-electron chi connectivity index (χ2n) is 6.39. The number of nitrogens with one attached hydrogen (secondary N) is 1. The number of ether oxygens (including phenoxy) is 2. The first-order valence-corrected chi connectivity index (χ1v) is 11.6. The number of anilines is 1. The van der Waals surface area contributed by atoms with E-state index in [-0.39, 0.29) is 39.9 Å². The van der Waals surface area contributed by atoms with Gasteiger partial charge in [-0.2, -0.15) is 4.31 Å². The Kier molecular flexibility index (Phi) is 6.13. The van der Waals surface area contributed by atoms with Gasteiger partial charge in [0.1, 0.15) is 11.6 Å². The Morgan fingerprint density at radius 3 is 2.38 bits per heavy atom. The molecule has 29 heavy (non-hydrogen) atoms. The fourth-order valence-electron chi connectivity index (χ4n) is 2.98. The van der Waals surface area contributed by atoms with Gasteiger partial charge in [0.15, 0.2) is 0 Å². The first-order valence-electron chi connectivity index (χ1n) is 8.70. The molecule has 11 heteroatoms. The molecule has 1 saturated heterocycles. The summed E-state index contributed by atoms with van der Waals surface area (Å²) < 4.78 is 78.7. The van der Waals surface area contributed by atoms with Gasteiger partial charge in [0.25, 0.3) is 10.0 Å². The number of hydrogen-bond acceptors (Lipinski definition) is 6. The third-order valence-electron chi connectivity index (χ3n) is 4.45. The zero-order valence-electron chi connectivity index (χ0n) is 15.9. The van der Waals surface area contributed by atoms with Crippen molar-refractivity contribution in [3.8, 4) is 5.75 Å². The van der Waals surface area contributed by atoms with Crippen molar-refractivity contribution in [2.75, 3.05) is 38.1 Å². The zero-order chi connectivity index (χ0) is 21.2. The summed E-state index contributed by atoms with van der Waals surface area (Å²) in [4.78, 5) is -0.198. The lowest BCUT2D eigenvalue weighted by Gasteiger charge is -2.26. The predicted molar refractivity (Wildman–Crippen MR) is 105 cm³/mol. The molecule has 1 heterocycles. The molecule has 0 aromatic heterocycles. The number of hydrogen-bond donors (Lipinski definition) is 1. The Labute approximate surface area is 169 Å². The Morgan fingerprint density at radius 2 is 1.76 bits per heavy atom. The lowest BCUT2D eigenvalue weighted by molar-refractivity contribution is 0.0730. The maximum atomic E-state index is 13.3. The van der Waals surface area contributed by atoms with E-state index in [2.05, 4.69) is 4.72 Å². The molecule has 0 amide bonds. The van der Waals surface area contributed by atoms with Crippen molar-refractivity contribution in [2.24, 2.45) is 0 Å². The molecule has 8 nitrogen and oxygen atoms in total. The van der Waals surface area contributed by atoms with Crippen LogP contribution in [-0.4, -0.2) is 54.6 Å². The smallest absolute Gasteiger partial charge is 0.262 e. The highest BCUT2D eigenvalue weighted by atomic mass is 32.2. The van der Waals surface area contributed by atoms with Gasteiger partial charge < -0.3 is 9.47 Å². The maximum absolute atomic E-state index is 13.3. The fourth-order valence-corrected chi connectivity index (χ4v) is 5.70. The summed E-state index contributed by atoms with van der Waals surface area (Å²) in [6.45, 7) is 2.47. The maximum Gasteiger partial charge on any atom is 0.262 e. The van der Waals surface area contributed by atoms with Crippen LogP contribution in [0.4, 0.5) is 10.1 Å². The molecule has 158 valence electrons. The molecule has 1 aliphatic heterocycles. The van der Waals surface area contributed by atoms with E-state index in [1.807, 2.05) is 0 Å². The highest BCUT2D eigenvalue weighted by Gasteiger charge is 2.28. The van der Waals surface area contributed by atoms with Crippen molar-refractivity contribution >= 4 is 25.7 Å². The quantitative estimate of drug-likeness (QED) is 0.731. The summed E-state index contributed by atoms with van der Waals surface area (Å²) in [6.07, 6.45) is 0. The van der Waals surface area contributed by atoms with E-state index in [1.165, 1.54) is 36.5 Å². The SMILES string of the molecule is COc1ccc(S(=O)(=O)N2CCOCC2)cc1NS(=O)(=O)c1ccc(F)cc1C. The number of halogens is 1. The third-order valence-corrected chi connectivity index (χ3v) is 7.87. The highest BCUT2D eigenvalue weighted by molar-refractivity contribution is 7.92. The van der Waals surface area contributed by atoms with E-state index in [9.17, 15) is 21.2 Å². The van der Waals surface area contributed by atoms with Crippen molar-refractivity contribution in [2.45, 2.75) is 16.7 Å². The molecule has 1 fully saturated rings. The molecule has 0 aliphatic carbocycles. The van der Waals surface area contributed by atoms with Crippen molar-refractivity contribution < 1.29 is 30.7 Å². The number of methoxy groups -OCH3 is 1. The van der Waals surface area contributed by atoms with Gasteiger partial charge in [0.2, 0.25) is 10.0 Å². The van der Waals surface area contributed by atoms with Crippen molar-refractivity contribution in [1.82, 2.24) is 4.31 Å². The second kappa shape index (κ2) is 8.27. The zero-order valence-corrected chi connectivity index (χ0v) is 17.5. The Balaban J connectivity index is 1.99. The Morgan fingerprint density at radius 1 is 1.07 bits per heavy atom. The standard InChI is InChI=1S/C18H21FN2O6S2/c1-13-11-14(19)3-6-18(13)28(22,23)20-16-12-15(4-5-17(16)26-2)29(24,25)21-7-9-27-10-8-21/h3-6,11-12,20H,7-10H2,1-2H3. The molecule has 1 aliphatic rings. The van der Waals surface area contributed by atoms with Gasteiger partial charge in [-0.25, -0.2) is 21.2 Å². The van der Waals surface area contributed by atoms with Gasteiger partial charge in [0, 0.05) is 13.1 Å². The van der Waals surface area contributed by atoms with Gasteiger partial charge in [0.05, 0.1) is 35.8 Å². The molecule has 2 aromatic carbocycles. The summed E-state index contributed by atoms with van der Waals surface area (Å²) >= 11 is 0. The summed E-state index contributed by atoms with van der Waals surface area (Å²) in [5, 5.41) is 0. The molecular weight excluding hydrogens is 423 g/mol. The minimum atomic E-state index is -4.11. The number of rotatable bonds is 6. The second-order valence-corrected chi connectivity index (χ2v) is 9.98. The molecule has 0 saturated carbocycles. The van der Waals surface area contributed by atoms with Gasteiger partial charge in [-0.15, -0.1) is 0 Å². The minimum absolute atomic E-state index is 0.0365.